The summed E-state index contributed by atoms with van der Waals surface area (Å²) >= 11 is 0. The number of anilines is 2. The van der Waals surface area contributed by atoms with Gasteiger partial charge in [0.25, 0.3) is 0 Å². The van der Waals surface area contributed by atoms with E-state index in [2.05, 4.69) is 27.3 Å². The van der Waals surface area contributed by atoms with E-state index in [0.717, 1.165) is 30.0 Å². The fourth-order valence-electron chi connectivity index (χ4n) is 4.11. The van der Waals surface area contributed by atoms with Gasteiger partial charge in [-0.15, -0.1) is 0 Å². The SMILES string of the molecule is O=c1c(NCc2ccccn2)c(-c2ccc(N3CCOC(c4ccccc4)C3)cc2)c1=O. The molecule has 1 fully saturated rings. The quantitative estimate of drug-likeness (QED) is 0.477. The van der Waals surface area contributed by atoms with Crippen LogP contribution >= 0.6 is 0 Å². The summed E-state index contributed by atoms with van der Waals surface area (Å²) in [5, 5.41) is 3.09. The molecule has 0 bridgehead atoms. The molecule has 1 aromatic heterocycles. The van der Waals surface area contributed by atoms with Gasteiger partial charge in [0.15, 0.2) is 0 Å². The average molecular weight is 425 g/mol. The fraction of sp³-hybridized carbons (Fsp3) is 0.192. The lowest BCUT2D eigenvalue weighted by Gasteiger charge is -2.35. The summed E-state index contributed by atoms with van der Waals surface area (Å²) in [7, 11) is 0. The van der Waals surface area contributed by atoms with Crippen LogP contribution in [0.2, 0.25) is 0 Å². The molecule has 1 N–H and O–H groups in total. The number of hydrogen-bond donors (Lipinski definition) is 1. The van der Waals surface area contributed by atoms with Crippen LogP contribution in [-0.4, -0.2) is 24.7 Å². The van der Waals surface area contributed by atoms with Gasteiger partial charge in [0.1, 0.15) is 6.10 Å². The predicted octanol–water partition coefficient (Wildman–Crippen LogP) is 3.53. The van der Waals surface area contributed by atoms with E-state index in [4.69, 9.17) is 4.74 Å². The number of ether oxygens (including phenoxy) is 1. The van der Waals surface area contributed by atoms with Crippen molar-refractivity contribution in [3.05, 3.63) is 111 Å². The Labute approximate surface area is 185 Å². The van der Waals surface area contributed by atoms with E-state index in [1.165, 1.54) is 5.56 Å². The van der Waals surface area contributed by atoms with Gasteiger partial charge in [0.2, 0.25) is 10.9 Å². The summed E-state index contributed by atoms with van der Waals surface area (Å²) in [4.78, 5) is 30.9. The van der Waals surface area contributed by atoms with Crippen LogP contribution in [0.4, 0.5) is 11.4 Å². The van der Waals surface area contributed by atoms with E-state index in [1.807, 2.05) is 60.7 Å². The van der Waals surface area contributed by atoms with Crippen LogP contribution in [0.25, 0.3) is 11.1 Å². The highest BCUT2D eigenvalue weighted by molar-refractivity contribution is 5.82. The van der Waals surface area contributed by atoms with Crippen molar-refractivity contribution in [2.45, 2.75) is 12.6 Å². The van der Waals surface area contributed by atoms with E-state index >= 15 is 0 Å². The van der Waals surface area contributed by atoms with Gasteiger partial charge in [-0.3, -0.25) is 14.6 Å². The van der Waals surface area contributed by atoms with Crippen LogP contribution in [0.3, 0.4) is 0 Å². The third kappa shape index (κ3) is 3.92. The van der Waals surface area contributed by atoms with Crippen molar-refractivity contribution < 1.29 is 4.74 Å². The van der Waals surface area contributed by atoms with Crippen molar-refractivity contribution in [3.63, 3.8) is 0 Å². The zero-order valence-corrected chi connectivity index (χ0v) is 17.5. The fourth-order valence-corrected chi connectivity index (χ4v) is 4.11. The Kier molecular flexibility index (Phi) is 5.52. The first-order valence-electron chi connectivity index (χ1n) is 10.7. The summed E-state index contributed by atoms with van der Waals surface area (Å²) in [6.07, 6.45) is 1.73. The third-order valence-corrected chi connectivity index (χ3v) is 5.84. The van der Waals surface area contributed by atoms with Crippen molar-refractivity contribution in [2.24, 2.45) is 0 Å². The topological polar surface area (TPSA) is 71.5 Å². The number of benzene rings is 2. The summed E-state index contributed by atoms with van der Waals surface area (Å²) in [5.74, 6) is 0. The van der Waals surface area contributed by atoms with Crippen molar-refractivity contribution in [1.82, 2.24) is 4.98 Å². The number of nitrogens with zero attached hydrogens (tertiary/aromatic N) is 2. The first kappa shape index (κ1) is 20.2. The Balaban J connectivity index is 1.32. The first-order chi connectivity index (χ1) is 15.7. The molecule has 1 unspecified atom stereocenters. The molecule has 6 nitrogen and oxygen atoms in total. The van der Waals surface area contributed by atoms with Crippen LogP contribution in [0.5, 0.6) is 0 Å². The molecule has 1 saturated heterocycles. The van der Waals surface area contributed by atoms with Gasteiger partial charge in [-0.25, -0.2) is 0 Å². The van der Waals surface area contributed by atoms with Gasteiger partial charge in [0.05, 0.1) is 30.1 Å². The molecule has 1 atom stereocenters. The van der Waals surface area contributed by atoms with E-state index in [-0.39, 0.29) is 6.10 Å². The summed E-state index contributed by atoms with van der Waals surface area (Å²) in [6, 6.07) is 23.6. The molecule has 1 aliphatic heterocycles. The molecule has 0 amide bonds. The third-order valence-electron chi connectivity index (χ3n) is 5.84. The van der Waals surface area contributed by atoms with E-state index in [0.29, 0.717) is 24.4 Å². The molecule has 0 spiro atoms. The maximum atomic E-state index is 12.3. The highest BCUT2D eigenvalue weighted by Gasteiger charge is 2.24. The smallest absolute Gasteiger partial charge is 0.250 e. The maximum Gasteiger partial charge on any atom is 0.250 e. The predicted molar refractivity (Wildman–Crippen MR) is 126 cm³/mol. The normalized spacial score (nSPS) is 16.2. The minimum Gasteiger partial charge on any atom is -0.375 e. The summed E-state index contributed by atoms with van der Waals surface area (Å²) < 4.78 is 5.96. The Morgan fingerprint density at radius 2 is 1.72 bits per heavy atom. The molecule has 1 aliphatic rings. The Hall–Kier alpha value is -3.77. The maximum absolute atomic E-state index is 12.3. The molecular formula is C26H23N3O3. The number of morpholine rings is 1. The van der Waals surface area contributed by atoms with Gasteiger partial charge < -0.3 is 15.0 Å². The molecule has 0 aliphatic carbocycles. The van der Waals surface area contributed by atoms with Crippen LogP contribution in [0, 0.1) is 0 Å². The van der Waals surface area contributed by atoms with Crippen molar-refractivity contribution in [1.29, 1.82) is 0 Å². The van der Waals surface area contributed by atoms with Crippen LogP contribution in [-0.2, 0) is 11.3 Å². The number of pyridine rings is 1. The summed E-state index contributed by atoms with van der Waals surface area (Å²) in [6.45, 7) is 2.62. The van der Waals surface area contributed by atoms with Gasteiger partial charge in [0, 0.05) is 25.0 Å². The average Bonchev–Trinajstić information content (AvgIpc) is 2.87. The zero-order chi connectivity index (χ0) is 21.9. The van der Waals surface area contributed by atoms with Crippen molar-refractivity contribution in [3.8, 4) is 11.1 Å². The number of rotatable bonds is 6. The Morgan fingerprint density at radius 1 is 0.938 bits per heavy atom. The van der Waals surface area contributed by atoms with Gasteiger partial charge in [-0.05, 0) is 35.4 Å². The number of nitrogens with one attached hydrogen (secondary N) is 1. The Bertz CT molecular complexity index is 1260. The van der Waals surface area contributed by atoms with Crippen molar-refractivity contribution in [2.75, 3.05) is 29.9 Å². The molecule has 6 heteroatoms. The molecule has 2 heterocycles. The van der Waals surface area contributed by atoms with E-state index in [1.54, 1.807) is 6.20 Å². The zero-order valence-electron chi connectivity index (χ0n) is 17.5. The summed E-state index contributed by atoms with van der Waals surface area (Å²) in [5.41, 5.74) is 3.68. The molecule has 3 aromatic carbocycles. The lowest BCUT2D eigenvalue weighted by Crippen LogP contribution is -2.38. The van der Waals surface area contributed by atoms with E-state index in [9.17, 15) is 9.59 Å². The minimum absolute atomic E-state index is 0.0283. The Morgan fingerprint density at radius 3 is 2.47 bits per heavy atom. The molecule has 5 rings (SSSR count). The van der Waals surface area contributed by atoms with Gasteiger partial charge >= 0.3 is 0 Å². The monoisotopic (exact) mass is 425 g/mol. The van der Waals surface area contributed by atoms with Crippen molar-refractivity contribution >= 4 is 11.4 Å². The lowest BCUT2D eigenvalue weighted by atomic mass is 9.98. The molecule has 0 radical (unpaired) electrons. The second-order valence-electron chi connectivity index (χ2n) is 7.85. The molecular weight excluding hydrogens is 402 g/mol. The van der Waals surface area contributed by atoms with Gasteiger partial charge in [-0.2, -0.15) is 0 Å². The highest BCUT2D eigenvalue weighted by Crippen LogP contribution is 2.29. The minimum atomic E-state index is -0.473. The first-order valence-corrected chi connectivity index (χ1v) is 10.7. The van der Waals surface area contributed by atoms with Gasteiger partial charge in [-0.1, -0.05) is 48.5 Å². The van der Waals surface area contributed by atoms with E-state index < -0.39 is 10.9 Å². The highest BCUT2D eigenvalue weighted by atomic mass is 16.5. The second kappa shape index (κ2) is 8.77. The molecule has 160 valence electrons. The van der Waals surface area contributed by atoms with Crippen LogP contribution < -0.4 is 21.1 Å². The van der Waals surface area contributed by atoms with Crippen LogP contribution in [0.1, 0.15) is 17.4 Å². The lowest BCUT2D eigenvalue weighted by molar-refractivity contribution is 0.0398. The van der Waals surface area contributed by atoms with Crippen LogP contribution in [0.15, 0.2) is 88.6 Å². The molecule has 32 heavy (non-hydrogen) atoms. The second-order valence-corrected chi connectivity index (χ2v) is 7.85. The number of aromatic nitrogens is 1. The largest absolute Gasteiger partial charge is 0.375 e. The molecule has 0 saturated carbocycles. The molecule has 4 aromatic rings. The standard InChI is InChI=1S/C26H23N3O3/c30-25-23(24(26(25)31)28-16-20-8-4-5-13-27-20)19-9-11-21(12-10-19)29-14-15-32-22(17-29)18-6-2-1-3-7-18/h1-13,22,28H,14-17H2. The number of hydrogen-bond acceptors (Lipinski definition) is 6.